The summed E-state index contributed by atoms with van der Waals surface area (Å²) in [5.74, 6) is -1.52. The van der Waals surface area contributed by atoms with E-state index in [4.69, 9.17) is 19.6 Å². The number of rotatable bonds is 6. The summed E-state index contributed by atoms with van der Waals surface area (Å²) in [5, 5.41) is 22.0. The van der Waals surface area contributed by atoms with E-state index >= 15 is 0 Å². The standard InChI is InChI=1S/C25H23N9O.C2HF3O2/c1-2-4-22(21(3-1)18-15-28-29-16-18)23-9-10-26-24(31-23)30-19-5-7-20(8-6-19)34-17-27-25(32-34)33-11-13-35-14-12-33;3-2(4,5)1(6)7/h1-10,15-17H,11-14H2,(H,28,29)(H,26,30,31);(H,6,7). The fourth-order valence-electron chi connectivity index (χ4n) is 4.04. The third-order valence-corrected chi connectivity index (χ3v) is 6.07. The Kier molecular flexibility index (Phi) is 8.38. The van der Waals surface area contributed by atoms with Crippen molar-refractivity contribution in [3.8, 4) is 28.1 Å². The zero-order valence-electron chi connectivity index (χ0n) is 21.9. The predicted octanol–water partition coefficient (Wildman–Crippen LogP) is 4.33. The first-order valence-electron chi connectivity index (χ1n) is 12.6. The molecule has 1 saturated heterocycles. The SMILES string of the molecule is O=C(O)C(F)(F)F.c1ccc(-c2ccnc(Nc3ccc(-n4cnc(N5CCOCC5)n4)cc3)n2)c(-c2cn[nH]c2)c1. The van der Waals surface area contributed by atoms with Crippen LogP contribution in [0, 0.1) is 0 Å². The Hall–Kier alpha value is -5.31. The third kappa shape index (κ3) is 6.87. The number of alkyl halides is 3. The normalized spacial score (nSPS) is 13.3. The number of H-pyrrole nitrogens is 1. The van der Waals surface area contributed by atoms with Gasteiger partial charge in [-0.1, -0.05) is 24.3 Å². The second-order valence-electron chi connectivity index (χ2n) is 8.86. The molecule has 0 atom stereocenters. The molecule has 1 aliphatic rings. The Morgan fingerprint density at radius 2 is 1.71 bits per heavy atom. The average molecular weight is 580 g/mol. The molecular weight excluding hydrogens is 555 g/mol. The first-order valence-corrected chi connectivity index (χ1v) is 12.6. The topological polar surface area (TPSA) is 147 Å². The Labute approximate surface area is 236 Å². The smallest absolute Gasteiger partial charge is 0.475 e. The van der Waals surface area contributed by atoms with Gasteiger partial charge < -0.3 is 20.1 Å². The van der Waals surface area contributed by atoms with Crippen molar-refractivity contribution in [2.24, 2.45) is 0 Å². The van der Waals surface area contributed by atoms with Crippen LogP contribution >= 0.6 is 0 Å². The average Bonchev–Trinajstić information content (AvgIpc) is 3.72. The van der Waals surface area contributed by atoms with E-state index in [1.165, 1.54) is 0 Å². The summed E-state index contributed by atoms with van der Waals surface area (Å²) in [4.78, 5) is 24.6. The van der Waals surface area contributed by atoms with Crippen LogP contribution in [0.1, 0.15) is 0 Å². The fraction of sp³-hybridized carbons (Fsp3) is 0.185. The summed E-state index contributed by atoms with van der Waals surface area (Å²) >= 11 is 0. The number of benzene rings is 2. The van der Waals surface area contributed by atoms with Gasteiger partial charge in [0, 0.05) is 42.3 Å². The molecule has 1 aliphatic heterocycles. The maximum Gasteiger partial charge on any atom is 0.490 e. The molecule has 15 heteroatoms. The highest BCUT2D eigenvalue weighted by molar-refractivity contribution is 5.81. The van der Waals surface area contributed by atoms with Crippen LogP contribution in [0.2, 0.25) is 0 Å². The first kappa shape index (κ1) is 28.2. The molecule has 0 spiro atoms. The van der Waals surface area contributed by atoms with Gasteiger partial charge in [0.1, 0.15) is 6.33 Å². The molecule has 0 aliphatic carbocycles. The van der Waals surface area contributed by atoms with Crippen LogP contribution in [0.25, 0.3) is 28.1 Å². The molecule has 5 aromatic rings. The van der Waals surface area contributed by atoms with E-state index in [0.29, 0.717) is 19.2 Å². The number of nitrogens with one attached hydrogen (secondary N) is 2. The first-order chi connectivity index (χ1) is 20.3. The van der Waals surface area contributed by atoms with Crippen molar-refractivity contribution in [2.45, 2.75) is 6.18 Å². The maximum absolute atomic E-state index is 10.6. The maximum atomic E-state index is 10.6. The zero-order valence-corrected chi connectivity index (χ0v) is 21.9. The Bertz CT molecular complexity index is 1620. The molecule has 0 bridgehead atoms. The van der Waals surface area contributed by atoms with Crippen molar-refractivity contribution in [1.82, 2.24) is 34.9 Å². The second-order valence-corrected chi connectivity index (χ2v) is 8.86. The van der Waals surface area contributed by atoms with Crippen LogP contribution in [-0.4, -0.2) is 78.5 Å². The van der Waals surface area contributed by atoms with E-state index in [1.807, 2.05) is 54.7 Å². The molecule has 1 fully saturated rings. The number of aromatic amines is 1. The highest BCUT2D eigenvalue weighted by Gasteiger charge is 2.38. The van der Waals surface area contributed by atoms with Crippen molar-refractivity contribution in [3.63, 3.8) is 0 Å². The van der Waals surface area contributed by atoms with Gasteiger partial charge in [0.15, 0.2) is 0 Å². The molecule has 3 N–H and O–H groups in total. The number of aliphatic carboxylic acids is 1. The van der Waals surface area contributed by atoms with Crippen molar-refractivity contribution in [1.29, 1.82) is 0 Å². The van der Waals surface area contributed by atoms with Gasteiger partial charge in [-0.2, -0.15) is 23.3 Å². The van der Waals surface area contributed by atoms with Crippen LogP contribution in [0.5, 0.6) is 0 Å². The lowest BCUT2D eigenvalue weighted by molar-refractivity contribution is -0.192. The molecule has 12 nitrogen and oxygen atoms in total. The van der Waals surface area contributed by atoms with Crippen molar-refractivity contribution >= 4 is 23.6 Å². The lowest BCUT2D eigenvalue weighted by Gasteiger charge is -2.25. The van der Waals surface area contributed by atoms with Crippen LogP contribution in [0.3, 0.4) is 0 Å². The van der Waals surface area contributed by atoms with Crippen molar-refractivity contribution in [3.05, 3.63) is 79.5 Å². The number of morpholine rings is 1. The van der Waals surface area contributed by atoms with Gasteiger partial charge in [0.2, 0.25) is 11.9 Å². The van der Waals surface area contributed by atoms with Gasteiger partial charge in [-0.15, -0.1) is 5.10 Å². The summed E-state index contributed by atoms with van der Waals surface area (Å²) in [6.45, 7) is 3.01. The number of anilines is 3. The highest BCUT2D eigenvalue weighted by atomic mass is 19.4. The van der Waals surface area contributed by atoms with E-state index in [9.17, 15) is 13.2 Å². The third-order valence-electron chi connectivity index (χ3n) is 6.07. The van der Waals surface area contributed by atoms with Crippen LogP contribution in [-0.2, 0) is 9.53 Å². The molecular formula is C27H24F3N9O3. The van der Waals surface area contributed by atoms with Crippen LogP contribution < -0.4 is 10.2 Å². The fourth-order valence-corrected chi connectivity index (χ4v) is 4.04. The molecule has 3 aromatic heterocycles. The Morgan fingerprint density at radius 1 is 1.00 bits per heavy atom. The largest absolute Gasteiger partial charge is 0.490 e. The van der Waals surface area contributed by atoms with E-state index in [1.54, 1.807) is 23.4 Å². The number of carboxylic acids is 1. The molecule has 0 saturated carbocycles. The molecule has 4 heterocycles. The number of carboxylic acid groups (broad SMARTS) is 1. The van der Waals surface area contributed by atoms with Gasteiger partial charge in [-0.25, -0.2) is 19.4 Å². The van der Waals surface area contributed by atoms with Crippen molar-refractivity contribution in [2.75, 3.05) is 36.5 Å². The van der Waals surface area contributed by atoms with Gasteiger partial charge in [0.05, 0.1) is 30.8 Å². The molecule has 42 heavy (non-hydrogen) atoms. The van der Waals surface area contributed by atoms with Crippen molar-refractivity contribution < 1.29 is 27.8 Å². The van der Waals surface area contributed by atoms with E-state index in [-0.39, 0.29) is 0 Å². The molecule has 0 unspecified atom stereocenters. The number of halogens is 3. The number of ether oxygens (including phenoxy) is 1. The monoisotopic (exact) mass is 579 g/mol. The van der Waals surface area contributed by atoms with Crippen LogP contribution in [0.4, 0.5) is 30.8 Å². The quantitative estimate of drug-likeness (QED) is 0.266. The minimum Gasteiger partial charge on any atom is -0.475 e. The van der Waals surface area contributed by atoms with Gasteiger partial charge >= 0.3 is 12.1 Å². The highest BCUT2D eigenvalue weighted by Crippen LogP contribution is 2.30. The lowest BCUT2D eigenvalue weighted by Crippen LogP contribution is -2.37. The van der Waals surface area contributed by atoms with Gasteiger partial charge in [0.25, 0.3) is 0 Å². The summed E-state index contributed by atoms with van der Waals surface area (Å²) in [7, 11) is 0. The Morgan fingerprint density at radius 3 is 2.38 bits per heavy atom. The summed E-state index contributed by atoms with van der Waals surface area (Å²) < 4.78 is 38.9. The van der Waals surface area contributed by atoms with E-state index < -0.39 is 12.1 Å². The summed E-state index contributed by atoms with van der Waals surface area (Å²) in [6.07, 6.45) is 2.09. The van der Waals surface area contributed by atoms with Crippen LogP contribution in [0.15, 0.2) is 79.5 Å². The molecule has 0 amide bonds. The number of aromatic nitrogens is 7. The lowest BCUT2D eigenvalue weighted by atomic mass is 10.00. The predicted molar refractivity (Wildman–Crippen MR) is 146 cm³/mol. The van der Waals surface area contributed by atoms with Gasteiger partial charge in [-0.05, 0) is 35.9 Å². The molecule has 6 rings (SSSR count). The Balaban J connectivity index is 0.000000451. The van der Waals surface area contributed by atoms with E-state index in [0.717, 1.165) is 52.8 Å². The van der Waals surface area contributed by atoms with E-state index in [2.05, 4.69) is 41.5 Å². The zero-order chi connectivity index (χ0) is 29.5. The molecule has 216 valence electrons. The number of hydrogen-bond acceptors (Lipinski definition) is 9. The van der Waals surface area contributed by atoms with Gasteiger partial charge in [-0.3, -0.25) is 5.10 Å². The minimum absolute atomic E-state index is 0.521. The number of carbonyl (C=O) groups is 1. The summed E-state index contributed by atoms with van der Waals surface area (Å²) in [6, 6.07) is 17.9. The number of hydrogen-bond donors (Lipinski definition) is 3. The summed E-state index contributed by atoms with van der Waals surface area (Å²) in [5.41, 5.74) is 5.70. The minimum atomic E-state index is -5.08. The molecule has 0 radical (unpaired) electrons. The second kappa shape index (κ2) is 12.5. The molecule has 2 aromatic carbocycles. The number of nitrogens with zero attached hydrogens (tertiary/aromatic N) is 7.